The number of ether oxygens (including phenoxy) is 4. The molecule has 1 saturated heterocycles. The molecule has 0 spiro atoms. The average Bonchev–Trinajstić information content (AvgIpc) is 3.45. The van der Waals surface area contributed by atoms with Crippen LogP contribution in [0, 0.1) is 27.9 Å². The van der Waals surface area contributed by atoms with Gasteiger partial charge >= 0.3 is 35.7 Å². The molecule has 2 aromatic rings. The zero-order valence-corrected chi connectivity index (χ0v) is 21.4. The van der Waals surface area contributed by atoms with Gasteiger partial charge in [0.1, 0.15) is 12.9 Å². The van der Waals surface area contributed by atoms with E-state index in [0.29, 0.717) is 0 Å². The van der Waals surface area contributed by atoms with E-state index in [0.717, 1.165) is 23.8 Å². The zero-order chi connectivity index (χ0) is 30.3. The van der Waals surface area contributed by atoms with E-state index < -0.39 is 95.7 Å². The number of aliphatic carboxylic acids is 3. The molecule has 1 fully saturated rings. The van der Waals surface area contributed by atoms with Crippen molar-refractivity contribution in [1.29, 1.82) is 0 Å². The van der Waals surface area contributed by atoms with Gasteiger partial charge in [-0.25, -0.2) is 19.1 Å². The molecule has 0 radical (unpaired) electrons. The molecule has 0 bridgehead atoms. The van der Waals surface area contributed by atoms with E-state index in [1.165, 1.54) is 24.8 Å². The fraction of sp³-hybridized carbons (Fsp3) is 0.417. The fourth-order valence-corrected chi connectivity index (χ4v) is 4.57. The number of hydrogen-bond donors (Lipinski definition) is 3. The first-order chi connectivity index (χ1) is 19.4. The van der Waals surface area contributed by atoms with E-state index >= 15 is 0 Å². The number of rotatable bonds is 12. The molecular formula is C24H25N3O14. The molecule has 3 rings (SSSR count). The lowest BCUT2D eigenvalue weighted by Gasteiger charge is -2.44. The van der Waals surface area contributed by atoms with E-state index in [1.807, 2.05) is 0 Å². The van der Waals surface area contributed by atoms with Crippen LogP contribution in [0.15, 0.2) is 36.9 Å². The minimum atomic E-state index is -1.73. The van der Waals surface area contributed by atoms with Gasteiger partial charge in [-0.05, 0) is 17.5 Å². The van der Waals surface area contributed by atoms with Gasteiger partial charge in [0.15, 0.2) is 11.9 Å². The summed E-state index contributed by atoms with van der Waals surface area (Å²) in [6, 6.07) is 3.48. The van der Waals surface area contributed by atoms with Gasteiger partial charge in [-0.1, -0.05) is 6.07 Å². The summed E-state index contributed by atoms with van der Waals surface area (Å²) in [5.41, 5.74) is -0.460. The molecular weight excluding hydrogens is 554 g/mol. The number of nitro benzene ring substituents is 1. The van der Waals surface area contributed by atoms with Crippen molar-refractivity contribution in [2.24, 2.45) is 17.8 Å². The highest BCUT2D eigenvalue weighted by atomic mass is 16.7. The molecule has 0 amide bonds. The molecule has 2 heterocycles. The van der Waals surface area contributed by atoms with Gasteiger partial charge in [0.05, 0.1) is 24.9 Å². The summed E-state index contributed by atoms with van der Waals surface area (Å²) >= 11 is 0. The van der Waals surface area contributed by atoms with Crippen LogP contribution in [0.4, 0.5) is 10.5 Å². The molecule has 17 heteroatoms. The average molecular weight is 579 g/mol. The summed E-state index contributed by atoms with van der Waals surface area (Å²) in [6.07, 6.45) is -2.62. The van der Waals surface area contributed by atoms with Crippen LogP contribution in [0.25, 0.3) is 0 Å². The number of benzene rings is 1. The molecule has 1 aromatic heterocycles. The van der Waals surface area contributed by atoms with E-state index in [1.54, 1.807) is 0 Å². The maximum Gasteiger partial charge on any atom is 0.419 e. The third-order valence-electron chi connectivity index (χ3n) is 6.32. The van der Waals surface area contributed by atoms with Crippen LogP contribution >= 0.6 is 0 Å². The van der Waals surface area contributed by atoms with Crippen LogP contribution in [-0.2, 0) is 40.0 Å². The number of esters is 1. The predicted octanol–water partition coefficient (Wildman–Crippen LogP) is 1.53. The minimum absolute atomic E-state index is 0.182. The van der Waals surface area contributed by atoms with Gasteiger partial charge in [-0.15, -0.1) is 0 Å². The Morgan fingerprint density at radius 1 is 1.02 bits per heavy atom. The number of hydrogen-bond acceptors (Lipinski definition) is 12. The summed E-state index contributed by atoms with van der Waals surface area (Å²) < 4.78 is 22.2. The number of carboxylic acids is 3. The quantitative estimate of drug-likeness (QED) is 0.183. The summed E-state index contributed by atoms with van der Waals surface area (Å²) in [5, 5.41) is 40.3. The van der Waals surface area contributed by atoms with Crippen molar-refractivity contribution in [3.8, 4) is 5.75 Å². The minimum Gasteiger partial charge on any atom is -0.481 e. The normalized spacial score (nSPS) is 21.8. The van der Waals surface area contributed by atoms with Crippen LogP contribution in [0.2, 0.25) is 0 Å². The van der Waals surface area contributed by atoms with Crippen molar-refractivity contribution in [1.82, 2.24) is 9.55 Å². The highest BCUT2D eigenvalue weighted by Gasteiger charge is 2.52. The Morgan fingerprint density at radius 2 is 1.66 bits per heavy atom. The lowest BCUT2D eigenvalue weighted by molar-refractivity contribution is -0.386. The fourth-order valence-electron chi connectivity index (χ4n) is 4.57. The summed E-state index contributed by atoms with van der Waals surface area (Å²) in [5.74, 6) is -9.68. The van der Waals surface area contributed by atoms with Crippen molar-refractivity contribution in [3.63, 3.8) is 0 Å². The third-order valence-corrected chi connectivity index (χ3v) is 6.32. The summed E-state index contributed by atoms with van der Waals surface area (Å²) in [4.78, 5) is 74.2. The topological polar surface area (TPSA) is 244 Å². The molecule has 220 valence electrons. The van der Waals surface area contributed by atoms with Gasteiger partial charge in [0.25, 0.3) is 0 Å². The molecule has 1 aliphatic rings. The summed E-state index contributed by atoms with van der Waals surface area (Å²) in [7, 11) is 0.984. The second kappa shape index (κ2) is 13.3. The van der Waals surface area contributed by atoms with Crippen LogP contribution in [0.1, 0.15) is 24.8 Å². The van der Waals surface area contributed by atoms with Crippen LogP contribution in [0.5, 0.6) is 5.75 Å². The van der Waals surface area contributed by atoms with E-state index in [-0.39, 0.29) is 12.2 Å². The molecule has 1 aliphatic heterocycles. The van der Waals surface area contributed by atoms with E-state index in [9.17, 15) is 49.4 Å². The first-order valence-corrected chi connectivity index (χ1v) is 11.9. The Morgan fingerprint density at radius 3 is 2.22 bits per heavy atom. The number of aromatic nitrogens is 2. The van der Waals surface area contributed by atoms with Gasteiger partial charge in [0.2, 0.25) is 6.29 Å². The van der Waals surface area contributed by atoms with Crippen molar-refractivity contribution in [3.05, 3.63) is 52.6 Å². The first kappa shape index (κ1) is 30.5. The number of nitrogens with zero attached hydrogens (tertiary/aromatic N) is 3. The Hall–Kier alpha value is -5.06. The van der Waals surface area contributed by atoms with Gasteiger partial charge < -0.3 is 34.3 Å². The zero-order valence-electron chi connectivity index (χ0n) is 21.4. The number of imidazole rings is 1. The molecule has 1 aromatic carbocycles. The standard InChI is InChI=1S/C24H25N3O14/c1-38-22(34)21-14(8-19(30)31)13(7-18(28)29)15(9-20(32)33)23(41-21)40-17-3-2-12(6-16(17)27(36)37)10-39-24(35)26-5-4-25-11-26/h2-6,11,13-15,21,23H,7-10H2,1H3,(H,28,29)(H,30,31)(H,32,33)/t13-,14-,15+,21-,23+/m0/s1. The number of nitro groups is 1. The van der Waals surface area contributed by atoms with Crippen LogP contribution in [0.3, 0.4) is 0 Å². The smallest absolute Gasteiger partial charge is 0.419 e. The number of carbonyl (C=O) groups excluding carboxylic acids is 2. The number of carbonyl (C=O) groups is 5. The Balaban J connectivity index is 1.96. The van der Waals surface area contributed by atoms with Gasteiger partial charge in [-0.2, -0.15) is 0 Å². The van der Waals surface area contributed by atoms with Crippen LogP contribution < -0.4 is 4.74 Å². The predicted molar refractivity (Wildman–Crippen MR) is 129 cm³/mol. The second-order valence-corrected chi connectivity index (χ2v) is 8.93. The second-order valence-electron chi connectivity index (χ2n) is 8.93. The monoisotopic (exact) mass is 579 g/mol. The summed E-state index contributed by atoms with van der Waals surface area (Å²) in [6.45, 7) is -0.373. The molecule has 0 saturated carbocycles. The Kier molecular flexibility index (Phi) is 9.91. The maximum atomic E-state index is 12.5. The van der Waals surface area contributed by atoms with Crippen molar-refractivity contribution in [2.75, 3.05) is 7.11 Å². The largest absolute Gasteiger partial charge is 0.481 e. The molecule has 5 atom stereocenters. The van der Waals surface area contributed by atoms with Crippen molar-refractivity contribution < 1.29 is 63.2 Å². The highest BCUT2D eigenvalue weighted by Crippen LogP contribution is 2.43. The van der Waals surface area contributed by atoms with E-state index in [4.69, 9.17) is 14.2 Å². The Bertz CT molecular complexity index is 1310. The molecule has 3 N–H and O–H groups in total. The highest BCUT2D eigenvalue weighted by molar-refractivity contribution is 5.77. The number of methoxy groups -OCH3 is 1. The molecule has 17 nitrogen and oxygen atoms in total. The SMILES string of the molecule is COC(=O)[C@H]1O[C@@H](Oc2ccc(COC(=O)n3ccnc3)cc2[N+](=O)[O-])[C@H](CC(=O)O)[C@@H](CC(=O)O)[C@@H]1CC(=O)O. The van der Waals surface area contributed by atoms with Gasteiger partial charge in [0, 0.05) is 36.7 Å². The Labute approximate surface area is 230 Å². The lowest BCUT2D eigenvalue weighted by Crippen LogP contribution is -2.54. The van der Waals surface area contributed by atoms with Crippen molar-refractivity contribution >= 4 is 35.7 Å². The maximum absolute atomic E-state index is 12.5. The van der Waals surface area contributed by atoms with Crippen LogP contribution in [-0.4, -0.2) is 79.3 Å². The van der Waals surface area contributed by atoms with Gasteiger partial charge in [-0.3, -0.25) is 24.5 Å². The molecule has 41 heavy (non-hydrogen) atoms. The van der Waals surface area contributed by atoms with Crippen molar-refractivity contribution in [2.45, 2.75) is 38.3 Å². The molecule has 0 aliphatic carbocycles. The molecule has 0 unspecified atom stereocenters. The van der Waals surface area contributed by atoms with E-state index in [2.05, 4.69) is 9.72 Å². The third kappa shape index (κ3) is 7.75. The number of carboxylic acid groups (broad SMARTS) is 3. The lowest BCUT2D eigenvalue weighted by atomic mass is 9.71. The first-order valence-electron chi connectivity index (χ1n) is 11.9.